The van der Waals surface area contributed by atoms with Crippen molar-refractivity contribution in [3.05, 3.63) is 12.3 Å². The molecule has 0 radical (unpaired) electrons. The summed E-state index contributed by atoms with van der Waals surface area (Å²) in [7, 11) is -5.14. The van der Waals surface area contributed by atoms with Crippen LogP contribution in [-0.2, 0) is 10.1 Å². The molecule has 7 heteroatoms. The third-order valence-electron chi connectivity index (χ3n) is 0.736. The van der Waals surface area contributed by atoms with E-state index in [9.17, 15) is 8.42 Å². The van der Waals surface area contributed by atoms with E-state index in [0.717, 1.165) is 0 Å². The summed E-state index contributed by atoms with van der Waals surface area (Å²) in [6.07, 6.45) is 0. The quantitative estimate of drug-likeness (QED) is 0.230. The minimum absolute atomic E-state index is 1.46. The molecule has 0 aromatic rings. The van der Waals surface area contributed by atoms with Crippen LogP contribution in [0.25, 0.3) is 0 Å². The van der Waals surface area contributed by atoms with Crippen molar-refractivity contribution in [3.63, 3.8) is 0 Å². The molecule has 0 fully saturated rings. The van der Waals surface area contributed by atoms with E-state index < -0.39 is 21.0 Å². The molecule has 10 heavy (non-hydrogen) atoms. The van der Waals surface area contributed by atoms with Gasteiger partial charge in [0.15, 0.2) is 5.76 Å². The van der Waals surface area contributed by atoms with Gasteiger partial charge in [0.05, 0.1) is 0 Å². The zero-order chi connectivity index (χ0) is 8.58. The van der Waals surface area contributed by atoms with Gasteiger partial charge in [-0.2, -0.15) is 8.42 Å². The third kappa shape index (κ3) is 1.45. The summed E-state index contributed by atoms with van der Waals surface area (Å²) < 4.78 is 27.8. The first-order valence-corrected chi connectivity index (χ1v) is 3.43. The molecule has 0 amide bonds. The highest BCUT2D eigenvalue weighted by molar-refractivity contribution is 7.87. The highest BCUT2D eigenvalue weighted by Gasteiger charge is 2.42. The third-order valence-corrected chi connectivity index (χ3v) is 1.69. The number of rotatable bonds is 2. The minimum atomic E-state index is -5.14. The first kappa shape index (κ1) is 9.37. The lowest BCUT2D eigenvalue weighted by atomic mass is 10.5. The van der Waals surface area contributed by atoms with Gasteiger partial charge in [-0.3, -0.25) is 4.55 Å². The molecule has 0 saturated carbocycles. The summed E-state index contributed by atoms with van der Waals surface area (Å²) >= 11 is 0. The summed E-state index contributed by atoms with van der Waals surface area (Å²) in [6.45, 7) is 2.51. The predicted octanol–water partition coefficient (Wildman–Crippen LogP) is -1.42. The van der Waals surface area contributed by atoms with Crippen molar-refractivity contribution in [2.75, 3.05) is 0 Å². The van der Waals surface area contributed by atoms with Crippen molar-refractivity contribution in [2.45, 2.75) is 5.12 Å². The molecule has 6 nitrogen and oxygen atoms in total. The maximum Gasteiger partial charge on any atom is 0.354 e. The number of hydrogen-bond acceptors (Lipinski definition) is 5. The van der Waals surface area contributed by atoms with Gasteiger partial charge in [-0.15, -0.1) is 0 Å². The van der Waals surface area contributed by atoms with Gasteiger partial charge in [0, 0.05) is 0 Å². The molecule has 0 aromatic carbocycles. The molecule has 0 aliphatic heterocycles. The van der Waals surface area contributed by atoms with Gasteiger partial charge in [0.1, 0.15) is 0 Å². The number of aliphatic hydroxyl groups excluding tert-OH is 1. The van der Waals surface area contributed by atoms with Crippen LogP contribution >= 0.6 is 0 Å². The molecule has 0 spiro atoms. The van der Waals surface area contributed by atoms with Crippen molar-refractivity contribution < 1.29 is 28.3 Å². The van der Waals surface area contributed by atoms with Gasteiger partial charge in [-0.25, -0.2) is 0 Å². The maximum atomic E-state index is 9.93. The smallest absolute Gasteiger partial charge is 0.354 e. The second-order valence-electron chi connectivity index (χ2n) is 1.53. The first-order valence-electron chi connectivity index (χ1n) is 1.99. The van der Waals surface area contributed by atoms with Crippen molar-refractivity contribution in [3.8, 4) is 0 Å². The molecule has 0 unspecified atom stereocenters. The molecule has 4 N–H and O–H groups in total. The standard InChI is InChI=1S/C3H6O6S/c1-2(4)3(5,6)10(7,8)9/h4-6H,1H2,(H,7,8,9). The Labute approximate surface area is 56.8 Å². The van der Waals surface area contributed by atoms with E-state index in [2.05, 4.69) is 6.58 Å². The zero-order valence-electron chi connectivity index (χ0n) is 4.72. The minimum Gasteiger partial charge on any atom is -0.506 e. The second-order valence-corrected chi connectivity index (χ2v) is 3.05. The first-order chi connectivity index (χ1) is 4.19. The average Bonchev–Trinajstić information content (AvgIpc) is 1.62. The molecule has 0 saturated heterocycles. The fraction of sp³-hybridized carbons (Fsp3) is 0.333. The van der Waals surface area contributed by atoms with E-state index in [4.69, 9.17) is 19.9 Å². The normalized spacial score (nSPS) is 13.1. The number of hydrogen-bond donors (Lipinski definition) is 4. The lowest BCUT2D eigenvalue weighted by Gasteiger charge is -2.14. The van der Waals surface area contributed by atoms with Crippen molar-refractivity contribution in [1.29, 1.82) is 0 Å². The largest absolute Gasteiger partial charge is 0.506 e. The molecule has 0 aliphatic rings. The Balaban J connectivity index is 4.95. The fourth-order valence-corrected chi connectivity index (χ4v) is 0.447. The summed E-state index contributed by atoms with van der Waals surface area (Å²) in [5.41, 5.74) is 0. The molecule has 0 atom stereocenters. The topological polar surface area (TPSA) is 115 Å². The highest BCUT2D eigenvalue weighted by atomic mass is 32.2. The van der Waals surface area contributed by atoms with Crippen LogP contribution in [0.5, 0.6) is 0 Å². The Hall–Kier alpha value is -0.630. The van der Waals surface area contributed by atoms with Crippen molar-refractivity contribution in [2.24, 2.45) is 0 Å². The fourth-order valence-electron chi connectivity index (χ4n) is 0.149. The van der Waals surface area contributed by atoms with Gasteiger partial charge >= 0.3 is 15.2 Å². The van der Waals surface area contributed by atoms with Crippen LogP contribution in [0.4, 0.5) is 0 Å². The van der Waals surface area contributed by atoms with E-state index in [1.54, 1.807) is 0 Å². The van der Waals surface area contributed by atoms with E-state index >= 15 is 0 Å². The summed E-state index contributed by atoms with van der Waals surface area (Å²) in [4.78, 5) is 0. The summed E-state index contributed by atoms with van der Waals surface area (Å²) in [5, 5.41) is 21.1. The van der Waals surface area contributed by atoms with Gasteiger partial charge in [-0.05, 0) is 0 Å². The van der Waals surface area contributed by atoms with Crippen LogP contribution in [0.3, 0.4) is 0 Å². The van der Waals surface area contributed by atoms with Crippen LogP contribution in [0, 0.1) is 0 Å². The van der Waals surface area contributed by atoms with Crippen molar-refractivity contribution in [1.82, 2.24) is 0 Å². The molecule has 60 valence electrons. The lowest BCUT2D eigenvalue weighted by Crippen LogP contribution is -2.39. The summed E-state index contributed by atoms with van der Waals surface area (Å²) in [5.74, 6) is -1.46. The Morgan fingerprint density at radius 1 is 1.40 bits per heavy atom. The Bertz CT molecular complexity index is 236. The van der Waals surface area contributed by atoms with Crippen LogP contribution in [0.1, 0.15) is 0 Å². The van der Waals surface area contributed by atoms with Crippen molar-refractivity contribution >= 4 is 10.1 Å². The summed E-state index contributed by atoms with van der Waals surface area (Å²) in [6, 6.07) is 0. The molecule has 0 bridgehead atoms. The average molecular weight is 170 g/mol. The van der Waals surface area contributed by atoms with Gasteiger partial charge in [-0.1, -0.05) is 6.58 Å². The van der Waals surface area contributed by atoms with Crippen LogP contribution in [0.2, 0.25) is 0 Å². The Morgan fingerprint density at radius 3 is 1.70 bits per heavy atom. The molecule has 0 rings (SSSR count). The zero-order valence-corrected chi connectivity index (χ0v) is 5.54. The monoisotopic (exact) mass is 170 g/mol. The maximum absolute atomic E-state index is 9.93. The molecule has 0 heterocycles. The van der Waals surface area contributed by atoms with Gasteiger partial charge in [0.25, 0.3) is 0 Å². The van der Waals surface area contributed by atoms with Crippen LogP contribution in [-0.4, -0.2) is 33.4 Å². The van der Waals surface area contributed by atoms with E-state index in [1.165, 1.54) is 0 Å². The second kappa shape index (κ2) is 2.20. The lowest BCUT2D eigenvalue weighted by molar-refractivity contribution is -0.0846. The van der Waals surface area contributed by atoms with Gasteiger partial charge in [0.2, 0.25) is 0 Å². The molecular formula is C3H6O6S. The van der Waals surface area contributed by atoms with Gasteiger partial charge < -0.3 is 15.3 Å². The van der Waals surface area contributed by atoms with Crippen LogP contribution < -0.4 is 0 Å². The van der Waals surface area contributed by atoms with Crippen LogP contribution in [0.15, 0.2) is 12.3 Å². The van der Waals surface area contributed by atoms with E-state index in [0.29, 0.717) is 0 Å². The number of aliphatic hydroxyl groups is 3. The molecule has 0 aliphatic carbocycles. The Morgan fingerprint density at radius 2 is 1.70 bits per heavy atom. The van der Waals surface area contributed by atoms with E-state index in [1.807, 2.05) is 0 Å². The highest BCUT2D eigenvalue weighted by Crippen LogP contribution is 2.14. The predicted molar refractivity (Wildman–Crippen MR) is 30.5 cm³/mol. The molecule has 0 aromatic heterocycles. The Kier molecular flexibility index (Phi) is 2.06. The SMILES string of the molecule is C=C(O)C(O)(O)S(=O)(=O)O. The molecular weight excluding hydrogens is 164 g/mol. The van der Waals surface area contributed by atoms with E-state index in [-0.39, 0.29) is 0 Å².